The van der Waals surface area contributed by atoms with Crippen molar-refractivity contribution in [2.45, 2.75) is 56.3 Å². The number of aromatic nitrogens is 3. The highest BCUT2D eigenvalue weighted by molar-refractivity contribution is 7.99. The fourth-order valence-corrected chi connectivity index (χ4v) is 4.20. The molecule has 1 aromatic heterocycles. The summed E-state index contributed by atoms with van der Waals surface area (Å²) in [6.07, 6.45) is 5.75. The average Bonchev–Trinajstić information content (AvgIpc) is 3.08. The number of alkyl halides is 2. The Labute approximate surface area is 172 Å². The van der Waals surface area contributed by atoms with E-state index in [9.17, 15) is 13.6 Å². The van der Waals surface area contributed by atoms with Crippen molar-refractivity contribution in [3.05, 3.63) is 35.7 Å². The van der Waals surface area contributed by atoms with Gasteiger partial charge >= 0.3 is 6.61 Å². The number of nitrogens with zero attached hydrogens (tertiary/aromatic N) is 4. The van der Waals surface area contributed by atoms with Gasteiger partial charge in [-0.15, -0.1) is 10.2 Å². The number of ether oxygens (including phenoxy) is 1. The summed E-state index contributed by atoms with van der Waals surface area (Å²) < 4.78 is 30.2. The number of rotatable bonds is 8. The number of nitrogens with two attached hydrogens (primary N) is 1. The molecule has 29 heavy (non-hydrogen) atoms. The number of amides is 1. The second-order valence-electron chi connectivity index (χ2n) is 7.11. The van der Waals surface area contributed by atoms with Gasteiger partial charge in [0.05, 0.1) is 5.75 Å². The van der Waals surface area contributed by atoms with E-state index >= 15 is 0 Å². The lowest BCUT2D eigenvalue weighted by Crippen LogP contribution is -2.28. The van der Waals surface area contributed by atoms with Gasteiger partial charge in [0, 0.05) is 19.5 Å². The molecule has 2 N–H and O–H groups in total. The molecule has 1 amide bonds. The van der Waals surface area contributed by atoms with Crippen LogP contribution < -0.4 is 10.6 Å². The first-order valence-corrected chi connectivity index (χ1v) is 10.5. The Kier molecular flexibility index (Phi) is 7.29. The quantitative estimate of drug-likeness (QED) is 0.515. The Bertz CT molecular complexity index is 809. The number of carbonyl (C=O) groups is 1. The number of carbonyl (C=O) groups excluding carboxylic acids is 1. The fourth-order valence-electron chi connectivity index (χ4n) is 3.40. The number of hydrogen-bond donors (Lipinski definition) is 1. The number of halogens is 2. The summed E-state index contributed by atoms with van der Waals surface area (Å²) in [5.41, 5.74) is 0.814. The van der Waals surface area contributed by atoms with Crippen LogP contribution in [0.5, 0.6) is 5.75 Å². The van der Waals surface area contributed by atoms with Crippen LogP contribution in [-0.2, 0) is 11.3 Å². The zero-order valence-electron chi connectivity index (χ0n) is 16.3. The summed E-state index contributed by atoms with van der Waals surface area (Å²) in [6.45, 7) is -2.50. The third-order valence-electron chi connectivity index (χ3n) is 4.98. The highest BCUT2D eigenvalue weighted by atomic mass is 32.2. The van der Waals surface area contributed by atoms with Gasteiger partial charge in [0.1, 0.15) is 5.75 Å². The van der Waals surface area contributed by atoms with Crippen molar-refractivity contribution in [1.82, 2.24) is 19.8 Å². The smallest absolute Gasteiger partial charge is 0.387 e. The van der Waals surface area contributed by atoms with Crippen molar-refractivity contribution in [3.8, 4) is 5.75 Å². The Morgan fingerprint density at radius 1 is 1.28 bits per heavy atom. The van der Waals surface area contributed by atoms with Crippen LogP contribution in [0.4, 0.5) is 8.78 Å². The number of benzene rings is 1. The number of hydrogen-bond acceptors (Lipinski definition) is 6. The lowest BCUT2D eigenvalue weighted by molar-refractivity contribution is -0.127. The van der Waals surface area contributed by atoms with Gasteiger partial charge in [-0.3, -0.25) is 4.79 Å². The molecule has 3 rings (SSSR count). The molecule has 0 atom stereocenters. The van der Waals surface area contributed by atoms with Crippen molar-refractivity contribution in [2.75, 3.05) is 18.6 Å². The second kappa shape index (κ2) is 9.91. The zero-order chi connectivity index (χ0) is 20.8. The molecule has 158 valence electrons. The molecule has 1 aliphatic rings. The van der Waals surface area contributed by atoms with Gasteiger partial charge in [-0.1, -0.05) is 43.2 Å². The largest absolute Gasteiger partial charge is 0.435 e. The minimum Gasteiger partial charge on any atom is -0.435 e. The molecule has 10 heteroatoms. The van der Waals surface area contributed by atoms with Gasteiger partial charge in [-0.2, -0.15) is 8.78 Å². The molecule has 2 aromatic rings. The standard InChI is InChI=1S/C19H25F2N5O2S/c1-25(11-13-7-9-15(10-8-13)28-18(20)21)16(27)12-29-19-24-23-17(26(19)22)14-5-3-2-4-6-14/h7-10,14,18H,2-6,11-12,22H2,1H3. The van der Waals surface area contributed by atoms with E-state index in [-0.39, 0.29) is 17.4 Å². The van der Waals surface area contributed by atoms with Crippen LogP contribution in [-0.4, -0.2) is 45.1 Å². The van der Waals surface area contributed by atoms with E-state index in [2.05, 4.69) is 14.9 Å². The number of thioether (sulfide) groups is 1. The minimum absolute atomic E-state index is 0.0873. The van der Waals surface area contributed by atoms with Crippen molar-refractivity contribution < 1.29 is 18.3 Å². The summed E-state index contributed by atoms with van der Waals surface area (Å²) >= 11 is 1.26. The third-order valence-corrected chi connectivity index (χ3v) is 5.91. The van der Waals surface area contributed by atoms with E-state index in [1.807, 2.05) is 0 Å². The molecule has 1 aliphatic carbocycles. The Balaban J connectivity index is 1.50. The van der Waals surface area contributed by atoms with Crippen LogP contribution >= 0.6 is 11.8 Å². The molecule has 1 fully saturated rings. The predicted octanol–water partition coefficient (Wildman–Crippen LogP) is 3.39. The maximum atomic E-state index is 12.4. The normalized spacial score (nSPS) is 14.9. The van der Waals surface area contributed by atoms with Gasteiger partial charge in [-0.05, 0) is 30.5 Å². The van der Waals surface area contributed by atoms with Crippen LogP contribution in [0.1, 0.15) is 49.4 Å². The summed E-state index contributed by atoms with van der Waals surface area (Å²) in [5, 5.41) is 8.91. The van der Waals surface area contributed by atoms with Crippen molar-refractivity contribution in [3.63, 3.8) is 0 Å². The Morgan fingerprint density at radius 2 is 1.97 bits per heavy atom. The molecular weight excluding hydrogens is 400 g/mol. The van der Waals surface area contributed by atoms with Crippen LogP contribution in [0.15, 0.2) is 29.4 Å². The van der Waals surface area contributed by atoms with Gasteiger partial charge in [-0.25, -0.2) is 4.68 Å². The SMILES string of the molecule is CN(Cc1ccc(OC(F)F)cc1)C(=O)CSc1nnc(C2CCCCC2)n1N. The first-order valence-electron chi connectivity index (χ1n) is 9.55. The molecule has 1 aromatic carbocycles. The van der Waals surface area contributed by atoms with Gasteiger partial charge in [0.25, 0.3) is 0 Å². The van der Waals surface area contributed by atoms with Gasteiger partial charge in [0.2, 0.25) is 11.1 Å². The van der Waals surface area contributed by atoms with Crippen molar-refractivity contribution in [1.29, 1.82) is 0 Å². The van der Waals surface area contributed by atoms with E-state index in [4.69, 9.17) is 5.84 Å². The predicted molar refractivity (Wildman–Crippen MR) is 106 cm³/mol. The zero-order valence-corrected chi connectivity index (χ0v) is 17.1. The average molecular weight is 426 g/mol. The first kappa shape index (κ1) is 21.4. The van der Waals surface area contributed by atoms with E-state index < -0.39 is 6.61 Å². The molecule has 1 heterocycles. The highest BCUT2D eigenvalue weighted by Gasteiger charge is 2.23. The Hall–Kier alpha value is -2.36. The molecule has 0 radical (unpaired) electrons. The summed E-state index contributed by atoms with van der Waals surface area (Å²) in [4.78, 5) is 14.0. The highest BCUT2D eigenvalue weighted by Crippen LogP contribution is 2.32. The molecular formula is C19H25F2N5O2S. The van der Waals surface area contributed by atoms with E-state index in [1.165, 1.54) is 47.8 Å². The van der Waals surface area contributed by atoms with E-state index in [0.29, 0.717) is 17.6 Å². The van der Waals surface area contributed by atoms with Gasteiger partial charge in [0.15, 0.2) is 5.82 Å². The van der Waals surface area contributed by atoms with E-state index in [0.717, 1.165) is 24.2 Å². The lowest BCUT2D eigenvalue weighted by Gasteiger charge is -2.20. The van der Waals surface area contributed by atoms with E-state index in [1.54, 1.807) is 24.1 Å². The van der Waals surface area contributed by atoms with Crippen LogP contribution in [0.2, 0.25) is 0 Å². The van der Waals surface area contributed by atoms with Crippen LogP contribution in [0.25, 0.3) is 0 Å². The molecule has 7 nitrogen and oxygen atoms in total. The summed E-state index contributed by atoms with van der Waals surface area (Å²) in [6, 6.07) is 6.22. The third kappa shape index (κ3) is 5.81. The van der Waals surface area contributed by atoms with Crippen molar-refractivity contribution >= 4 is 17.7 Å². The monoisotopic (exact) mass is 425 g/mol. The van der Waals surface area contributed by atoms with Crippen molar-refractivity contribution in [2.24, 2.45) is 0 Å². The minimum atomic E-state index is -2.86. The number of nitrogen functional groups attached to an aromatic ring is 1. The van der Waals surface area contributed by atoms with Gasteiger partial charge < -0.3 is 15.5 Å². The summed E-state index contributed by atoms with van der Waals surface area (Å²) in [7, 11) is 1.69. The molecule has 1 saturated carbocycles. The molecule has 0 saturated heterocycles. The first-order chi connectivity index (χ1) is 13.9. The fraction of sp³-hybridized carbons (Fsp3) is 0.526. The molecule has 0 bridgehead atoms. The maximum absolute atomic E-state index is 12.4. The lowest BCUT2D eigenvalue weighted by atomic mass is 9.89. The maximum Gasteiger partial charge on any atom is 0.387 e. The molecule has 0 unspecified atom stereocenters. The van der Waals surface area contributed by atoms with Crippen LogP contribution in [0.3, 0.4) is 0 Å². The van der Waals surface area contributed by atoms with Crippen LogP contribution in [0, 0.1) is 0 Å². The Morgan fingerprint density at radius 3 is 2.62 bits per heavy atom. The molecule has 0 spiro atoms. The topological polar surface area (TPSA) is 86.3 Å². The second-order valence-corrected chi connectivity index (χ2v) is 8.05. The molecule has 0 aliphatic heterocycles. The summed E-state index contributed by atoms with van der Waals surface area (Å²) in [5.74, 6) is 7.46.